The normalized spacial score (nSPS) is 16.1. The summed E-state index contributed by atoms with van der Waals surface area (Å²) in [4.78, 5) is 17.0. The number of nitrogens with zero attached hydrogens (tertiary/aromatic N) is 4. The van der Waals surface area contributed by atoms with E-state index in [1.807, 2.05) is 4.90 Å². The predicted molar refractivity (Wildman–Crippen MR) is 95.5 cm³/mol. The van der Waals surface area contributed by atoms with Crippen LogP contribution in [0.15, 0.2) is 24.3 Å². The summed E-state index contributed by atoms with van der Waals surface area (Å²) in [6.07, 6.45) is 0.947. The molecule has 0 bridgehead atoms. The van der Waals surface area contributed by atoms with Crippen LogP contribution >= 0.6 is 11.6 Å². The monoisotopic (exact) mass is 364 g/mol. The Morgan fingerprint density at radius 3 is 2.64 bits per heavy atom. The molecule has 2 aromatic rings. The van der Waals surface area contributed by atoms with Gasteiger partial charge in [-0.1, -0.05) is 23.7 Å². The first kappa shape index (κ1) is 17.9. The van der Waals surface area contributed by atoms with Crippen LogP contribution in [0, 0.1) is 12.7 Å². The number of halogens is 2. The van der Waals surface area contributed by atoms with Crippen LogP contribution in [0.3, 0.4) is 0 Å². The van der Waals surface area contributed by atoms with Gasteiger partial charge in [-0.25, -0.2) is 9.07 Å². The third-order valence-electron chi connectivity index (χ3n) is 4.53. The van der Waals surface area contributed by atoms with Crippen molar-refractivity contribution in [1.82, 2.24) is 19.6 Å². The summed E-state index contributed by atoms with van der Waals surface area (Å²) >= 11 is 6.46. The Balaban J connectivity index is 1.81. The van der Waals surface area contributed by atoms with E-state index >= 15 is 0 Å². The topological polar surface area (TPSA) is 41.4 Å². The van der Waals surface area contributed by atoms with E-state index in [0.29, 0.717) is 29.5 Å². The van der Waals surface area contributed by atoms with E-state index in [1.54, 1.807) is 23.7 Å². The van der Waals surface area contributed by atoms with Crippen molar-refractivity contribution in [2.45, 2.75) is 19.9 Å². The Morgan fingerprint density at radius 2 is 1.92 bits per heavy atom. The molecule has 5 nitrogen and oxygen atoms in total. The van der Waals surface area contributed by atoms with E-state index in [2.05, 4.69) is 17.0 Å². The Hall–Kier alpha value is -1.92. The molecule has 0 saturated carbocycles. The average molecular weight is 365 g/mol. The molecule has 0 spiro atoms. The third-order valence-corrected chi connectivity index (χ3v) is 4.92. The molecule has 3 rings (SSSR count). The summed E-state index contributed by atoms with van der Waals surface area (Å²) in [5.74, 6) is -0.350. The minimum absolute atomic E-state index is 0.0665. The molecule has 25 heavy (non-hydrogen) atoms. The smallest absolute Gasteiger partial charge is 0.258 e. The highest BCUT2D eigenvalue weighted by atomic mass is 35.5. The van der Waals surface area contributed by atoms with Gasteiger partial charge in [-0.15, -0.1) is 0 Å². The summed E-state index contributed by atoms with van der Waals surface area (Å²) in [5.41, 5.74) is 1.96. The van der Waals surface area contributed by atoms with Gasteiger partial charge in [0.1, 0.15) is 11.0 Å². The molecule has 0 N–H and O–H groups in total. The zero-order valence-corrected chi connectivity index (χ0v) is 15.3. The molecule has 1 saturated heterocycles. The highest BCUT2D eigenvalue weighted by Crippen LogP contribution is 2.23. The van der Waals surface area contributed by atoms with Crippen molar-refractivity contribution in [3.05, 3.63) is 52.1 Å². The van der Waals surface area contributed by atoms with Gasteiger partial charge in [0.2, 0.25) is 0 Å². The van der Waals surface area contributed by atoms with Crippen LogP contribution in [-0.2, 0) is 6.54 Å². The fourth-order valence-electron chi connectivity index (χ4n) is 3.07. The highest BCUT2D eigenvalue weighted by Gasteiger charge is 2.26. The second-order valence-electron chi connectivity index (χ2n) is 6.48. The molecule has 1 aromatic carbocycles. The Kier molecular flexibility index (Phi) is 5.39. The van der Waals surface area contributed by atoms with Crippen LogP contribution in [-0.4, -0.2) is 58.7 Å². The number of benzene rings is 1. The maximum Gasteiger partial charge on any atom is 0.258 e. The maximum atomic E-state index is 13.0. The minimum atomic E-state index is -0.284. The van der Waals surface area contributed by atoms with Crippen molar-refractivity contribution in [2.75, 3.05) is 33.2 Å². The van der Waals surface area contributed by atoms with Crippen LogP contribution in [0.4, 0.5) is 4.39 Å². The first-order chi connectivity index (χ1) is 12.0. The molecule has 1 aromatic heterocycles. The van der Waals surface area contributed by atoms with Gasteiger partial charge in [-0.2, -0.15) is 5.10 Å². The number of aryl methyl sites for hydroxylation is 1. The molecule has 1 fully saturated rings. The van der Waals surface area contributed by atoms with Gasteiger partial charge in [0.25, 0.3) is 5.91 Å². The lowest BCUT2D eigenvalue weighted by Gasteiger charge is -2.20. The Labute approximate surface area is 152 Å². The van der Waals surface area contributed by atoms with E-state index in [-0.39, 0.29) is 11.7 Å². The summed E-state index contributed by atoms with van der Waals surface area (Å²) in [7, 11) is 2.06. The predicted octanol–water partition coefficient (Wildman–Crippen LogP) is 2.81. The third kappa shape index (κ3) is 4.02. The summed E-state index contributed by atoms with van der Waals surface area (Å²) in [6.45, 7) is 5.45. The molecule has 0 atom stereocenters. The molecule has 1 aliphatic rings. The van der Waals surface area contributed by atoms with Gasteiger partial charge in [-0.05, 0) is 44.6 Å². The van der Waals surface area contributed by atoms with E-state index < -0.39 is 0 Å². The maximum absolute atomic E-state index is 13.0. The quantitative estimate of drug-likeness (QED) is 0.841. The molecule has 0 radical (unpaired) electrons. The Bertz CT molecular complexity index is 759. The number of carbonyl (C=O) groups is 1. The number of likely N-dealkylation sites (N-methyl/N-ethyl adjacent to an activating group) is 1. The van der Waals surface area contributed by atoms with Gasteiger partial charge in [0.15, 0.2) is 0 Å². The lowest BCUT2D eigenvalue weighted by molar-refractivity contribution is 0.0762. The second-order valence-corrected chi connectivity index (χ2v) is 6.84. The largest absolute Gasteiger partial charge is 0.337 e. The summed E-state index contributed by atoms with van der Waals surface area (Å²) in [5, 5.41) is 4.75. The zero-order valence-electron chi connectivity index (χ0n) is 14.5. The fourth-order valence-corrected chi connectivity index (χ4v) is 3.39. The molecule has 0 unspecified atom stereocenters. The Morgan fingerprint density at radius 1 is 1.20 bits per heavy atom. The lowest BCUT2D eigenvalue weighted by atomic mass is 10.2. The van der Waals surface area contributed by atoms with Crippen molar-refractivity contribution >= 4 is 17.5 Å². The molecule has 134 valence electrons. The number of aromatic nitrogens is 2. The summed E-state index contributed by atoms with van der Waals surface area (Å²) < 4.78 is 14.6. The van der Waals surface area contributed by atoms with E-state index in [4.69, 9.17) is 11.6 Å². The molecule has 7 heteroatoms. The van der Waals surface area contributed by atoms with Gasteiger partial charge in [-0.3, -0.25) is 4.79 Å². The van der Waals surface area contributed by atoms with Crippen LogP contribution in [0.2, 0.25) is 5.15 Å². The van der Waals surface area contributed by atoms with Crippen molar-refractivity contribution in [3.8, 4) is 0 Å². The van der Waals surface area contributed by atoms with Crippen LogP contribution < -0.4 is 0 Å². The van der Waals surface area contributed by atoms with Crippen molar-refractivity contribution in [1.29, 1.82) is 0 Å². The summed E-state index contributed by atoms with van der Waals surface area (Å²) in [6, 6.07) is 6.18. The minimum Gasteiger partial charge on any atom is -0.337 e. The molecule has 1 amide bonds. The van der Waals surface area contributed by atoms with E-state index in [9.17, 15) is 9.18 Å². The average Bonchev–Trinajstić information content (AvgIpc) is 2.74. The van der Waals surface area contributed by atoms with Crippen molar-refractivity contribution < 1.29 is 9.18 Å². The van der Waals surface area contributed by atoms with Gasteiger partial charge in [0, 0.05) is 19.6 Å². The fraction of sp³-hybridized carbons (Fsp3) is 0.444. The number of amides is 1. The van der Waals surface area contributed by atoms with Crippen LogP contribution in [0.5, 0.6) is 0 Å². The van der Waals surface area contributed by atoms with E-state index in [0.717, 1.165) is 31.6 Å². The number of carbonyl (C=O) groups excluding carboxylic acids is 1. The number of hydrogen-bond acceptors (Lipinski definition) is 3. The van der Waals surface area contributed by atoms with Crippen LogP contribution in [0.25, 0.3) is 0 Å². The van der Waals surface area contributed by atoms with Gasteiger partial charge >= 0.3 is 0 Å². The molecular weight excluding hydrogens is 343 g/mol. The standard InChI is InChI=1S/C18H22ClFN4O/c1-13-16(18(25)23-9-3-8-22(2)10-11-23)17(19)24(21-13)12-14-4-6-15(20)7-5-14/h4-7H,3,8-12H2,1-2H3. The van der Waals surface area contributed by atoms with Gasteiger partial charge < -0.3 is 9.80 Å². The first-order valence-electron chi connectivity index (χ1n) is 8.41. The van der Waals surface area contributed by atoms with E-state index in [1.165, 1.54) is 12.1 Å². The van der Waals surface area contributed by atoms with Crippen LogP contribution in [0.1, 0.15) is 28.0 Å². The highest BCUT2D eigenvalue weighted by molar-refractivity contribution is 6.33. The molecule has 1 aliphatic heterocycles. The zero-order chi connectivity index (χ0) is 18.0. The first-order valence-corrected chi connectivity index (χ1v) is 8.78. The van der Waals surface area contributed by atoms with Gasteiger partial charge in [0.05, 0.1) is 17.8 Å². The van der Waals surface area contributed by atoms with Crippen molar-refractivity contribution in [2.24, 2.45) is 0 Å². The lowest BCUT2D eigenvalue weighted by Crippen LogP contribution is -2.34. The second kappa shape index (κ2) is 7.54. The number of hydrogen-bond donors (Lipinski definition) is 0. The molecular formula is C18H22ClFN4O. The van der Waals surface area contributed by atoms with Crippen molar-refractivity contribution in [3.63, 3.8) is 0 Å². The number of rotatable bonds is 3. The molecule has 2 heterocycles. The SMILES string of the molecule is Cc1nn(Cc2ccc(F)cc2)c(Cl)c1C(=O)N1CCCN(C)CC1. The molecule has 0 aliphatic carbocycles.